The molecule has 0 aliphatic heterocycles. The first-order valence-corrected chi connectivity index (χ1v) is 8.22. The van der Waals surface area contributed by atoms with Gasteiger partial charge in [0.1, 0.15) is 11.4 Å². The van der Waals surface area contributed by atoms with Crippen molar-refractivity contribution in [2.24, 2.45) is 0 Å². The number of nitrogens with one attached hydrogen (secondary N) is 1. The Hall–Kier alpha value is -3.09. The van der Waals surface area contributed by atoms with Crippen LogP contribution < -0.4 is 14.8 Å². The third-order valence-electron chi connectivity index (χ3n) is 3.61. The van der Waals surface area contributed by atoms with E-state index in [1.165, 1.54) is 6.07 Å². The molecule has 0 aliphatic rings. The number of methoxy groups -OCH3 is 2. The molecule has 0 saturated carbocycles. The van der Waals surface area contributed by atoms with Crippen molar-refractivity contribution in [1.29, 1.82) is 0 Å². The molecule has 26 heavy (non-hydrogen) atoms. The molecule has 1 N–H and O–H groups in total. The molecular weight excluding hydrogens is 336 g/mol. The SMILES string of the molecule is CCOC(=O)c1cccc(C(=O)NCCc2ccc(OC)c(OC)c2)n1. The van der Waals surface area contributed by atoms with Crippen molar-refractivity contribution in [3.05, 3.63) is 53.3 Å². The summed E-state index contributed by atoms with van der Waals surface area (Å²) in [5.74, 6) is 0.393. The van der Waals surface area contributed by atoms with E-state index in [9.17, 15) is 9.59 Å². The number of rotatable bonds is 8. The largest absolute Gasteiger partial charge is 0.493 e. The normalized spacial score (nSPS) is 10.1. The molecule has 0 bridgehead atoms. The number of benzene rings is 1. The fourth-order valence-corrected chi connectivity index (χ4v) is 2.33. The quantitative estimate of drug-likeness (QED) is 0.729. The van der Waals surface area contributed by atoms with Crippen LogP contribution in [0.5, 0.6) is 11.5 Å². The third-order valence-corrected chi connectivity index (χ3v) is 3.61. The lowest BCUT2D eigenvalue weighted by Gasteiger charge is -2.10. The van der Waals surface area contributed by atoms with E-state index in [0.29, 0.717) is 24.5 Å². The molecule has 0 spiro atoms. The van der Waals surface area contributed by atoms with Gasteiger partial charge in [-0.25, -0.2) is 9.78 Å². The van der Waals surface area contributed by atoms with Crippen LogP contribution in [0, 0.1) is 0 Å². The van der Waals surface area contributed by atoms with Gasteiger partial charge in [-0.3, -0.25) is 4.79 Å². The Labute approximate surface area is 152 Å². The Bertz CT molecular complexity index is 776. The molecule has 138 valence electrons. The zero-order valence-corrected chi connectivity index (χ0v) is 15.1. The summed E-state index contributed by atoms with van der Waals surface area (Å²) in [7, 11) is 3.15. The number of aromatic nitrogens is 1. The standard InChI is InChI=1S/C19H22N2O5/c1-4-26-19(23)15-7-5-6-14(21-15)18(22)20-11-10-13-8-9-16(24-2)17(12-13)25-3/h5-9,12H,4,10-11H2,1-3H3,(H,20,22). The van der Waals surface area contributed by atoms with Crippen LogP contribution in [0.4, 0.5) is 0 Å². The number of pyridine rings is 1. The molecule has 0 unspecified atom stereocenters. The Morgan fingerprint density at radius 3 is 2.46 bits per heavy atom. The van der Waals surface area contributed by atoms with Crippen molar-refractivity contribution < 1.29 is 23.8 Å². The minimum absolute atomic E-state index is 0.111. The molecule has 7 heteroatoms. The highest BCUT2D eigenvalue weighted by atomic mass is 16.5. The second-order valence-corrected chi connectivity index (χ2v) is 5.32. The zero-order valence-electron chi connectivity index (χ0n) is 15.1. The van der Waals surface area contributed by atoms with Crippen molar-refractivity contribution >= 4 is 11.9 Å². The number of hydrogen-bond donors (Lipinski definition) is 1. The number of amides is 1. The van der Waals surface area contributed by atoms with Gasteiger partial charge in [0.05, 0.1) is 20.8 Å². The molecule has 2 aromatic rings. The van der Waals surface area contributed by atoms with E-state index in [2.05, 4.69) is 10.3 Å². The minimum atomic E-state index is -0.549. The van der Waals surface area contributed by atoms with Gasteiger partial charge in [-0.1, -0.05) is 12.1 Å². The van der Waals surface area contributed by atoms with E-state index in [4.69, 9.17) is 14.2 Å². The van der Waals surface area contributed by atoms with Gasteiger partial charge in [-0.05, 0) is 43.2 Å². The molecule has 1 heterocycles. The summed E-state index contributed by atoms with van der Waals surface area (Å²) in [5.41, 5.74) is 1.28. The van der Waals surface area contributed by atoms with Crippen LogP contribution in [0.15, 0.2) is 36.4 Å². The number of nitrogens with zero attached hydrogens (tertiary/aromatic N) is 1. The summed E-state index contributed by atoms with van der Waals surface area (Å²) in [5, 5.41) is 2.79. The second kappa shape index (κ2) is 9.41. The molecule has 1 aromatic carbocycles. The summed E-state index contributed by atoms with van der Waals surface area (Å²) < 4.78 is 15.3. The number of esters is 1. The van der Waals surface area contributed by atoms with Crippen LogP contribution in [0.25, 0.3) is 0 Å². The predicted octanol–water partition coefficient (Wildman–Crippen LogP) is 2.25. The number of carbonyl (C=O) groups excluding carboxylic acids is 2. The van der Waals surface area contributed by atoms with Crippen LogP contribution in [-0.4, -0.2) is 44.2 Å². The smallest absolute Gasteiger partial charge is 0.356 e. The van der Waals surface area contributed by atoms with Crippen molar-refractivity contribution in [1.82, 2.24) is 10.3 Å². The Morgan fingerprint density at radius 1 is 1.04 bits per heavy atom. The lowest BCUT2D eigenvalue weighted by Crippen LogP contribution is -2.27. The molecule has 0 radical (unpaired) electrons. The van der Waals surface area contributed by atoms with E-state index < -0.39 is 5.97 Å². The predicted molar refractivity (Wildman–Crippen MR) is 95.8 cm³/mol. The van der Waals surface area contributed by atoms with E-state index in [1.807, 2.05) is 18.2 Å². The maximum absolute atomic E-state index is 12.2. The molecule has 0 fully saturated rings. The van der Waals surface area contributed by atoms with Gasteiger partial charge in [0.2, 0.25) is 0 Å². The maximum atomic E-state index is 12.2. The van der Waals surface area contributed by atoms with Gasteiger partial charge in [0, 0.05) is 6.54 Å². The zero-order chi connectivity index (χ0) is 18.9. The summed E-state index contributed by atoms with van der Waals surface area (Å²) >= 11 is 0. The summed E-state index contributed by atoms with van der Waals surface area (Å²) in [6, 6.07) is 10.3. The number of carbonyl (C=O) groups is 2. The second-order valence-electron chi connectivity index (χ2n) is 5.32. The van der Waals surface area contributed by atoms with E-state index in [1.54, 1.807) is 33.3 Å². The highest BCUT2D eigenvalue weighted by molar-refractivity contribution is 5.94. The van der Waals surface area contributed by atoms with Crippen LogP contribution in [0.3, 0.4) is 0 Å². The Balaban J connectivity index is 1.95. The van der Waals surface area contributed by atoms with E-state index in [0.717, 1.165) is 5.56 Å². The average molecular weight is 358 g/mol. The van der Waals surface area contributed by atoms with Gasteiger partial charge in [-0.2, -0.15) is 0 Å². The van der Waals surface area contributed by atoms with Gasteiger partial charge >= 0.3 is 5.97 Å². The van der Waals surface area contributed by atoms with Crippen LogP contribution >= 0.6 is 0 Å². The lowest BCUT2D eigenvalue weighted by molar-refractivity contribution is 0.0519. The van der Waals surface area contributed by atoms with Crippen LogP contribution in [0.2, 0.25) is 0 Å². The maximum Gasteiger partial charge on any atom is 0.356 e. The topological polar surface area (TPSA) is 86.8 Å². The molecule has 1 amide bonds. The monoisotopic (exact) mass is 358 g/mol. The molecular formula is C19H22N2O5. The van der Waals surface area contributed by atoms with Gasteiger partial charge in [0.15, 0.2) is 11.5 Å². The van der Waals surface area contributed by atoms with Crippen molar-refractivity contribution in [3.8, 4) is 11.5 Å². The first kappa shape index (κ1) is 19.2. The Morgan fingerprint density at radius 2 is 1.77 bits per heavy atom. The molecule has 0 aliphatic carbocycles. The van der Waals surface area contributed by atoms with Crippen LogP contribution in [-0.2, 0) is 11.2 Å². The minimum Gasteiger partial charge on any atom is -0.493 e. The lowest BCUT2D eigenvalue weighted by atomic mass is 10.1. The highest BCUT2D eigenvalue weighted by Crippen LogP contribution is 2.27. The van der Waals surface area contributed by atoms with Crippen molar-refractivity contribution in [3.63, 3.8) is 0 Å². The molecule has 0 saturated heterocycles. The average Bonchev–Trinajstić information content (AvgIpc) is 2.68. The number of hydrogen-bond acceptors (Lipinski definition) is 6. The van der Waals surface area contributed by atoms with Gasteiger partial charge < -0.3 is 19.5 Å². The first-order valence-electron chi connectivity index (χ1n) is 8.22. The van der Waals surface area contributed by atoms with E-state index >= 15 is 0 Å². The number of ether oxygens (including phenoxy) is 3. The van der Waals surface area contributed by atoms with Crippen LogP contribution in [0.1, 0.15) is 33.5 Å². The first-order chi connectivity index (χ1) is 12.6. The molecule has 0 atom stereocenters. The van der Waals surface area contributed by atoms with Gasteiger partial charge in [0.25, 0.3) is 5.91 Å². The summed E-state index contributed by atoms with van der Waals surface area (Å²) in [6.45, 7) is 2.38. The highest BCUT2D eigenvalue weighted by Gasteiger charge is 2.13. The Kier molecular flexibility index (Phi) is 6.96. The molecule has 2 rings (SSSR count). The summed E-state index contributed by atoms with van der Waals surface area (Å²) in [6.07, 6.45) is 0.615. The third kappa shape index (κ3) is 4.95. The van der Waals surface area contributed by atoms with E-state index in [-0.39, 0.29) is 23.9 Å². The van der Waals surface area contributed by atoms with Gasteiger partial charge in [-0.15, -0.1) is 0 Å². The fourth-order valence-electron chi connectivity index (χ4n) is 2.33. The molecule has 7 nitrogen and oxygen atoms in total. The van der Waals surface area contributed by atoms with Crippen molar-refractivity contribution in [2.75, 3.05) is 27.4 Å². The van der Waals surface area contributed by atoms with Crippen molar-refractivity contribution in [2.45, 2.75) is 13.3 Å². The molecule has 1 aromatic heterocycles. The fraction of sp³-hybridized carbons (Fsp3) is 0.316. The summed E-state index contributed by atoms with van der Waals surface area (Å²) in [4.78, 5) is 28.0.